The predicted octanol–water partition coefficient (Wildman–Crippen LogP) is 1.96. The third-order valence-electron chi connectivity index (χ3n) is 4.42. The van der Waals surface area contributed by atoms with Gasteiger partial charge in [-0.15, -0.1) is 0 Å². The second-order valence-electron chi connectivity index (χ2n) is 6.16. The van der Waals surface area contributed by atoms with E-state index < -0.39 is 0 Å². The number of aliphatic hydroxyl groups is 1. The molecule has 130 valence electrons. The lowest BCUT2D eigenvalue weighted by molar-refractivity contribution is 0.135. The average molecular weight is 347 g/mol. The molecule has 3 heterocycles. The van der Waals surface area contributed by atoms with Gasteiger partial charge >= 0.3 is 0 Å². The molecule has 0 aromatic carbocycles. The fourth-order valence-corrected chi connectivity index (χ4v) is 3.83. The summed E-state index contributed by atoms with van der Waals surface area (Å²) < 4.78 is 0. The fourth-order valence-electron chi connectivity index (χ4n) is 3.17. The minimum Gasteiger partial charge on any atom is -0.396 e. The van der Waals surface area contributed by atoms with Crippen molar-refractivity contribution in [3.8, 4) is 0 Å². The molecule has 0 radical (unpaired) electrons. The second kappa shape index (κ2) is 7.92. The van der Waals surface area contributed by atoms with E-state index in [1.807, 2.05) is 20.0 Å². The Balaban J connectivity index is 1.73. The molecule has 0 saturated carbocycles. The van der Waals surface area contributed by atoms with Crippen molar-refractivity contribution in [2.24, 2.45) is 0 Å². The van der Waals surface area contributed by atoms with Crippen LogP contribution >= 0.6 is 11.3 Å². The van der Waals surface area contributed by atoms with Crippen molar-refractivity contribution in [3.05, 3.63) is 34.2 Å². The van der Waals surface area contributed by atoms with Gasteiger partial charge in [-0.05, 0) is 35.7 Å². The smallest absolute Gasteiger partial charge is 0.224 e. The molecule has 1 aliphatic rings. The first-order valence-electron chi connectivity index (χ1n) is 8.34. The normalized spacial score (nSPS) is 18.8. The minimum atomic E-state index is 0.212. The van der Waals surface area contributed by atoms with Crippen molar-refractivity contribution in [1.29, 1.82) is 0 Å². The maximum absolute atomic E-state index is 9.47. The standard InChI is InChI=1S/C17H25N5OS/c1-13-9-16(20-17(18-2)19-13)22-6-5-21(15(11-22)3-7-23)10-14-4-8-24-12-14/h4,8-9,12,15,23H,3,5-7,10-11H2,1-2H3,(H,18,19,20)/t15-/m1/s1. The highest BCUT2D eigenvalue weighted by molar-refractivity contribution is 7.07. The van der Waals surface area contributed by atoms with Gasteiger partial charge in [0.15, 0.2) is 0 Å². The van der Waals surface area contributed by atoms with Crippen molar-refractivity contribution < 1.29 is 5.11 Å². The first kappa shape index (κ1) is 17.1. The summed E-state index contributed by atoms with van der Waals surface area (Å²) in [6.07, 6.45) is 0.781. The molecule has 0 bridgehead atoms. The number of nitrogens with one attached hydrogen (secondary N) is 1. The van der Waals surface area contributed by atoms with E-state index in [1.54, 1.807) is 11.3 Å². The Labute approximate surface area is 147 Å². The maximum Gasteiger partial charge on any atom is 0.224 e. The molecule has 1 fully saturated rings. The molecule has 0 aliphatic carbocycles. The third-order valence-corrected chi connectivity index (χ3v) is 5.15. The van der Waals surface area contributed by atoms with Crippen LogP contribution in [-0.2, 0) is 6.54 Å². The van der Waals surface area contributed by atoms with Crippen LogP contribution in [0.25, 0.3) is 0 Å². The number of nitrogens with zero attached hydrogens (tertiary/aromatic N) is 4. The highest BCUT2D eigenvalue weighted by Gasteiger charge is 2.27. The van der Waals surface area contributed by atoms with Crippen LogP contribution in [0.4, 0.5) is 11.8 Å². The highest BCUT2D eigenvalue weighted by Crippen LogP contribution is 2.22. The van der Waals surface area contributed by atoms with E-state index >= 15 is 0 Å². The molecule has 6 nitrogen and oxygen atoms in total. The average Bonchev–Trinajstić information content (AvgIpc) is 3.09. The Kier molecular flexibility index (Phi) is 5.65. The highest BCUT2D eigenvalue weighted by atomic mass is 32.1. The molecule has 1 saturated heterocycles. The van der Waals surface area contributed by atoms with E-state index in [9.17, 15) is 5.11 Å². The Morgan fingerprint density at radius 2 is 2.25 bits per heavy atom. The Hall–Kier alpha value is -1.70. The molecule has 2 N–H and O–H groups in total. The van der Waals surface area contributed by atoms with E-state index in [4.69, 9.17) is 0 Å². The molecule has 2 aromatic heterocycles. The summed E-state index contributed by atoms with van der Waals surface area (Å²) in [5.41, 5.74) is 2.32. The molecule has 1 aliphatic heterocycles. The summed E-state index contributed by atoms with van der Waals surface area (Å²) in [4.78, 5) is 13.7. The van der Waals surface area contributed by atoms with Crippen LogP contribution in [0.5, 0.6) is 0 Å². The molecule has 2 aromatic rings. The second-order valence-corrected chi connectivity index (χ2v) is 6.94. The van der Waals surface area contributed by atoms with Crippen LogP contribution in [-0.4, -0.2) is 59.3 Å². The number of hydrogen-bond donors (Lipinski definition) is 2. The number of thiophene rings is 1. The number of piperazine rings is 1. The quantitative estimate of drug-likeness (QED) is 0.833. The Morgan fingerprint density at radius 3 is 2.96 bits per heavy atom. The summed E-state index contributed by atoms with van der Waals surface area (Å²) in [6.45, 7) is 5.94. The lowest BCUT2D eigenvalue weighted by atomic mass is 10.1. The Bertz CT molecular complexity index is 648. The predicted molar refractivity (Wildman–Crippen MR) is 98.7 cm³/mol. The first-order valence-corrected chi connectivity index (χ1v) is 9.28. The van der Waals surface area contributed by atoms with Crippen LogP contribution in [0.1, 0.15) is 17.7 Å². The zero-order valence-corrected chi connectivity index (χ0v) is 15.1. The molecule has 0 unspecified atom stereocenters. The van der Waals surface area contributed by atoms with E-state index in [-0.39, 0.29) is 6.61 Å². The minimum absolute atomic E-state index is 0.212. The summed E-state index contributed by atoms with van der Waals surface area (Å²) >= 11 is 1.74. The van der Waals surface area contributed by atoms with Crippen LogP contribution in [0.2, 0.25) is 0 Å². The van der Waals surface area contributed by atoms with Crippen molar-refractivity contribution in [2.45, 2.75) is 25.9 Å². The van der Waals surface area contributed by atoms with Gasteiger partial charge in [-0.1, -0.05) is 0 Å². The topological polar surface area (TPSA) is 64.5 Å². The van der Waals surface area contributed by atoms with Crippen molar-refractivity contribution in [3.63, 3.8) is 0 Å². The number of anilines is 2. The van der Waals surface area contributed by atoms with E-state index in [0.717, 1.165) is 44.1 Å². The van der Waals surface area contributed by atoms with Gasteiger partial charge in [0.25, 0.3) is 0 Å². The Morgan fingerprint density at radius 1 is 1.38 bits per heavy atom. The molecule has 7 heteroatoms. The van der Waals surface area contributed by atoms with Crippen LogP contribution in [0.15, 0.2) is 22.9 Å². The van der Waals surface area contributed by atoms with Gasteiger partial charge in [0, 0.05) is 57.6 Å². The van der Waals surface area contributed by atoms with Gasteiger partial charge in [-0.25, -0.2) is 4.98 Å². The number of hydrogen-bond acceptors (Lipinski definition) is 7. The van der Waals surface area contributed by atoms with Gasteiger partial charge in [0.05, 0.1) is 0 Å². The van der Waals surface area contributed by atoms with E-state index in [1.165, 1.54) is 5.56 Å². The van der Waals surface area contributed by atoms with Crippen molar-refractivity contribution in [2.75, 3.05) is 43.5 Å². The van der Waals surface area contributed by atoms with E-state index in [2.05, 4.69) is 41.9 Å². The van der Waals surface area contributed by atoms with Gasteiger partial charge in [-0.2, -0.15) is 16.3 Å². The summed E-state index contributed by atoms with van der Waals surface area (Å²) in [5.74, 6) is 1.62. The number of aryl methyl sites for hydroxylation is 1. The van der Waals surface area contributed by atoms with Gasteiger partial charge in [-0.3, -0.25) is 4.90 Å². The SMILES string of the molecule is CNc1nc(C)cc(N2CCN(Cc3ccsc3)[C@H](CCO)C2)n1. The monoisotopic (exact) mass is 347 g/mol. The first-order chi connectivity index (χ1) is 11.7. The number of aromatic nitrogens is 2. The summed E-state index contributed by atoms with van der Waals surface area (Å²) in [7, 11) is 1.84. The largest absolute Gasteiger partial charge is 0.396 e. The molecular formula is C17H25N5OS. The van der Waals surface area contributed by atoms with Crippen LogP contribution in [0.3, 0.4) is 0 Å². The lowest BCUT2D eigenvalue weighted by Crippen LogP contribution is -2.53. The zero-order chi connectivity index (χ0) is 16.9. The van der Waals surface area contributed by atoms with Gasteiger partial charge in [0.2, 0.25) is 5.95 Å². The summed E-state index contributed by atoms with van der Waals surface area (Å²) in [5, 5.41) is 16.8. The third kappa shape index (κ3) is 4.03. The number of rotatable bonds is 6. The molecule has 24 heavy (non-hydrogen) atoms. The van der Waals surface area contributed by atoms with Crippen molar-refractivity contribution in [1.82, 2.24) is 14.9 Å². The summed E-state index contributed by atoms with van der Waals surface area (Å²) in [6, 6.07) is 4.54. The van der Waals surface area contributed by atoms with Gasteiger partial charge < -0.3 is 15.3 Å². The molecule has 3 rings (SSSR count). The molecule has 1 atom stereocenters. The fraction of sp³-hybridized carbons (Fsp3) is 0.529. The van der Waals surface area contributed by atoms with Crippen LogP contribution < -0.4 is 10.2 Å². The van der Waals surface area contributed by atoms with Crippen molar-refractivity contribution >= 4 is 23.1 Å². The van der Waals surface area contributed by atoms with Crippen LogP contribution in [0, 0.1) is 6.92 Å². The molecule has 0 amide bonds. The molecule has 0 spiro atoms. The zero-order valence-electron chi connectivity index (χ0n) is 14.3. The van der Waals surface area contributed by atoms with Gasteiger partial charge in [0.1, 0.15) is 5.82 Å². The lowest BCUT2D eigenvalue weighted by Gasteiger charge is -2.42. The van der Waals surface area contributed by atoms with E-state index in [0.29, 0.717) is 12.0 Å². The number of aliphatic hydroxyl groups excluding tert-OH is 1. The molecular weight excluding hydrogens is 322 g/mol. The maximum atomic E-state index is 9.47.